The molecule has 0 N–H and O–H groups in total. The van der Waals surface area contributed by atoms with Crippen molar-refractivity contribution in [1.29, 1.82) is 0 Å². The number of piperazine rings is 1. The third-order valence-electron chi connectivity index (χ3n) is 4.73. The van der Waals surface area contributed by atoms with Crippen LogP contribution >= 0.6 is 0 Å². The average Bonchev–Trinajstić information content (AvgIpc) is 2.66. The van der Waals surface area contributed by atoms with Crippen LogP contribution in [0.25, 0.3) is 0 Å². The van der Waals surface area contributed by atoms with E-state index in [9.17, 15) is 9.59 Å². The Balaban J connectivity index is 1.50. The molecule has 6 nitrogen and oxygen atoms in total. The molecule has 1 aromatic carbocycles. The zero-order valence-corrected chi connectivity index (χ0v) is 16.0. The van der Waals surface area contributed by atoms with Gasteiger partial charge in [0.25, 0.3) is 0 Å². The van der Waals surface area contributed by atoms with Crippen molar-refractivity contribution in [2.24, 2.45) is 0 Å². The molecule has 2 rings (SSSR count). The Labute approximate surface area is 156 Å². The molecule has 6 heteroatoms. The maximum Gasteiger partial charge on any atom is 0.236 e. The van der Waals surface area contributed by atoms with E-state index in [0.29, 0.717) is 18.7 Å². The van der Waals surface area contributed by atoms with Gasteiger partial charge in [0.2, 0.25) is 5.91 Å². The van der Waals surface area contributed by atoms with E-state index in [1.807, 2.05) is 26.2 Å². The third-order valence-corrected chi connectivity index (χ3v) is 4.73. The molecule has 1 heterocycles. The van der Waals surface area contributed by atoms with E-state index in [1.54, 1.807) is 17.0 Å². The minimum Gasteiger partial charge on any atom is -0.494 e. The number of likely N-dealkylation sites (N-methyl/N-ethyl adjacent to an activating group) is 1. The summed E-state index contributed by atoms with van der Waals surface area (Å²) in [5, 5.41) is 0. The lowest BCUT2D eigenvalue weighted by Crippen LogP contribution is -2.49. The molecule has 0 aromatic heterocycles. The Morgan fingerprint density at radius 2 is 1.69 bits per heavy atom. The molecular formula is C20H31N3O3. The van der Waals surface area contributed by atoms with Gasteiger partial charge in [-0.1, -0.05) is 0 Å². The van der Waals surface area contributed by atoms with E-state index in [-0.39, 0.29) is 5.91 Å². The van der Waals surface area contributed by atoms with E-state index in [2.05, 4.69) is 9.80 Å². The van der Waals surface area contributed by atoms with E-state index in [4.69, 9.17) is 4.74 Å². The molecule has 0 unspecified atom stereocenters. The summed E-state index contributed by atoms with van der Waals surface area (Å²) in [6, 6.07) is 7.22. The number of nitrogens with zero attached hydrogens (tertiary/aromatic N) is 3. The summed E-state index contributed by atoms with van der Waals surface area (Å²) < 4.78 is 5.70. The molecule has 1 aliphatic heterocycles. The number of hydrogen-bond donors (Lipinski definition) is 0. The zero-order valence-electron chi connectivity index (χ0n) is 16.0. The van der Waals surface area contributed by atoms with Crippen LogP contribution in [-0.2, 0) is 4.79 Å². The van der Waals surface area contributed by atoms with Gasteiger partial charge in [0.05, 0.1) is 13.2 Å². The van der Waals surface area contributed by atoms with Gasteiger partial charge in [-0.15, -0.1) is 0 Å². The normalized spacial score (nSPS) is 15.6. The first-order chi connectivity index (χ1) is 12.6. The molecule has 0 atom stereocenters. The van der Waals surface area contributed by atoms with Gasteiger partial charge in [-0.05, 0) is 50.1 Å². The lowest BCUT2D eigenvalue weighted by atomic mass is 10.2. The molecule has 1 amide bonds. The summed E-state index contributed by atoms with van der Waals surface area (Å²) in [6.07, 6.45) is 4.19. The molecular weight excluding hydrogens is 330 g/mol. The van der Waals surface area contributed by atoms with Gasteiger partial charge in [-0.2, -0.15) is 0 Å². The summed E-state index contributed by atoms with van der Waals surface area (Å²) in [6.45, 7) is 6.38. The van der Waals surface area contributed by atoms with Crippen molar-refractivity contribution >= 4 is 12.2 Å². The SMILES string of the molecule is CN(C)C(=O)CN1CCN(CCCCCOc2ccc(C=O)cc2)CC1. The Bertz CT molecular complexity index is 552. The number of hydrogen-bond acceptors (Lipinski definition) is 5. The summed E-state index contributed by atoms with van der Waals surface area (Å²) in [5.41, 5.74) is 0.670. The Kier molecular flexibility index (Phi) is 8.58. The fourth-order valence-electron chi connectivity index (χ4n) is 2.95. The Morgan fingerprint density at radius 3 is 2.31 bits per heavy atom. The summed E-state index contributed by atoms with van der Waals surface area (Å²) in [4.78, 5) is 28.7. The smallest absolute Gasteiger partial charge is 0.236 e. The predicted octanol–water partition coefficient (Wildman–Crippen LogP) is 1.75. The number of amides is 1. The molecule has 0 bridgehead atoms. The van der Waals surface area contributed by atoms with Gasteiger partial charge in [0, 0.05) is 45.8 Å². The van der Waals surface area contributed by atoms with Gasteiger partial charge in [-0.3, -0.25) is 14.5 Å². The minimum absolute atomic E-state index is 0.180. The number of rotatable bonds is 10. The van der Waals surface area contributed by atoms with Crippen molar-refractivity contribution in [2.75, 3.05) is 60.0 Å². The van der Waals surface area contributed by atoms with Crippen LogP contribution in [0.15, 0.2) is 24.3 Å². The molecule has 0 radical (unpaired) electrons. The lowest BCUT2D eigenvalue weighted by Gasteiger charge is -2.34. The Morgan fingerprint density at radius 1 is 1.04 bits per heavy atom. The predicted molar refractivity (Wildman–Crippen MR) is 103 cm³/mol. The highest BCUT2D eigenvalue weighted by Gasteiger charge is 2.19. The highest BCUT2D eigenvalue weighted by molar-refractivity contribution is 5.77. The van der Waals surface area contributed by atoms with Crippen LogP contribution in [0.1, 0.15) is 29.6 Å². The Hall–Kier alpha value is -1.92. The van der Waals surface area contributed by atoms with Crippen LogP contribution in [0, 0.1) is 0 Å². The van der Waals surface area contributed by atoms with E-state index >= 15 is 0 Å². The van der Waals surface area contributed by atoms with Crippen molar-refractivity contribution in [3.63, 3.8) is 0 Å². The number of benzene rings is 1. The second kappa shape index (κ2) is 10.9. The summed E-state index contributed by atoms with van der Waals surface area (Å²) in [5.74, 6) is 0.998. The molecule has 26 heavy (non-hydrogen) atoms. The fraction of sp³-hybridized carbons (Fsp3) is 0.600. The molecule has 1 saturated heterocycles. The van der Waals surface area contributed by atoms with Gasteiger partial charge < -0.3 is 14.5 Å². The van der Waals surface area contributed by atoms with Crippen LogP contribution in [0.5, 0.6) is 5.75 Å². The maximum atomic E-state index is 11.7. The van der Waals surface area contributed by atoms with Gasteiger partial charge in [0.1, 0.15) is 12.0 Å². The molecule has 144 valence electrons. The van der Waals surface area contributed by atoms with Crippen LogP contribution < -0.4 is 4.74 Å². The summed E-state index contributed by atoms with van der Waals surface area (Å²) in [7, 11) is 3.62. The minimum atomic E-state index is 0.180. The van der Waals surface area contributed by atoms with E-state index in [1.165, 1.54) is 6.42 Å². The van der Waals surface area contributed by atoms with Crippen molar-refractivity contribution in [3.8, 4) is 5.75 Å². The first-order valence-electron chi connectivity index (χ1n) is 9.41. The number of ether oxygens (including phenoxy) is 1. The first kappa shape index (κ1) is 20.4. The highest BCUT2D eigenvalue weighted by Crippen LogP contribution is 2.12. The maximum absolute atomic E-state index is 11.7. The number of carbonyl (C=O) groups is 2. The molecule has 1 aliphatic rings. The number of aldehydes is 1. The van der Waals surface area contributed by atoms with Gasteiger partial charge >= 0.3 is 0 Å². The van der Waals surface area contributed by atoms with Crippen LogP contribution in [-0.4, -0.2) is 86.9 Å². The molecule has 1 fully saturated rings. The largest absolute Gasteiger partial charge is 0.494 e. The average molecular weight is 361 g/mol. The van der Waals surface area contributed by atoms with Crippen LogP contribution in [0.4, 0.5) is 0 Å². The third kappa shape index (κ3) is 7.14. The second-order valence-electron chi connectivity index (χ2n) is 7.00. The standard InChI is InChI=1S/C20H31N3O3/c1-21(2)20(25)16-23-13-11-22(12-14-23)10-4-3-5-15-26-19-8-6-18(17-24)7-9-19/h6-9,17H,3-5,10-16H2,1-2H3. The monoisotopic (exact) mass is 361 g/mol. The number of unbranched alkanes of at least 4 members (excludes halogenated alkanes) is 2. The van der Waals surface area contributed by atoms with Crippen LogP contribution in [0.3, 0.4) is 0 Å². The highest BCUT2D eigenvalue weighted by atomic mass is 16.5. The van der Waals surface area contributed by atoms with E-state index < -0.39 is 0 Å². The quantitative estimate of drug-likeness (QED) is 0.469. The second-order valence-corrected chi connectivity index (χ2v) is 7.00. The summed E-state index contributed by atoms with van der Waals surface area (Å²) >= 11 is 0. The van der Waals surface area contributed by atoms with Gasteiger partial charge in [0.15, 0.2) is 0 Å². The molecule has 0 spiro atoms. The number of carbonyl (C=O) groups excluding carboxylic acids is 2. The molecule has 0 saturated carbocycles. The lowest BCUT2D eigenvalue weighted by molar-refractivity contribution is -0.130. The van der Waals surface area contributed by atoms with Crippen molar-refractivity contribution in [2.45, 2.75) is 19.3 Å². The van der Waals surface area contributed by atoms with E-state index in [0.717, 1.165) is 57.6 Å². The zero-order chi connectivity index (χ0) is 18.8. The van der Waals surface area contributed by atoms with Gasteiger partial charge in [-0.25, -0.2) is 0 Å². The van der Waals surface area contributed by atoms with Crippen molar-refractivity contribution in [3.05, 3.63) is 29.8 Å². The topological polar surface area (TPSA) is 53.1 Å². The van der Waals surface area contributed by atoms with Crippen molar-refractivity contribution < 1.29 is 14.3 Å². The molecule has 0 aliphatic carbocycles. The molecule has 1 aromatic rings. The first-order valence-corrected chi connectivity index (χ1v) is 9.41. The van der Waals surface area contributed by atoms with Crippen LogP contribution in [0.2, 0.25) is 0 Å². The fourth-order valence-corrected chi connectivity index (χ4v) is 2.95. The van der Waals surface area contributed by atoms with Crippen molar-refractivity contribution in [1.82, 2.24) is 14.7 Å².